The van der Waals surface area contributed by atoms with Crippen LogP contribution in [0.3, 0.4) is 0 Å². The van der Waals surface area contributed by atoms with Crippen molar-refractivity contribution in [3.8, 4) is 0 Å². The van der Waals surface area contributed by atoms with Gasteiger partial charge in [0.25, 0.3) is 0 Å². The van der Waals surface area contributed by atoms with E-state index in [4.69, 9.17) is 10.5 Å². The van der Waals surface area contributed by atoms with Crippen molar-refractivity contribution in [3.05, 3.63) is 12.2 Å². The maximum atomic E-state index is 11.5. The van der Waals surface area contributed by atoms with E-state index in [1.54, 1.807) is 7.11 Å². The van der Waals surface area contributed by atoms with Crippen molar-refractivity contribution in [1.29, 1.82) is 0 Å². The largest absolute Gasteiger partial charge is 0.383 e. The highest BCUT2D eigenvalue weighted by Gasteiger charge is 2.08. The molecule has 1 heterocycles. The monoisotopic (exact) mass is 227 g/mol. The van der Waals surface area contributed by atoms with Gasteiger partial charge in [0, 0.05) is 13.2 Å². The Labute approximate surface area is 94.0 Å². The highest BCUT2D eigenvalue weighted by atomic mass is 16.5. The summed E-state index contributed by atoms with van der Waals surface area (Å²) in [6, 6.07) is -0.0185. The van der Waals surface area contributed by atoms with Crippen molar-refractivity contribution in [1.82, 2.24) is 20.1 Å². The van der Waals surface area contributed by atoms with Crippen molar-refractivity contribution >= 4 is 5.91 Å². The second kappa shape index (κ2) is 6.19. The van der Waals surface area contributed by atoms with Crippen molar-refractivity contribution in [3.63, 3.8) is 0 Å². The molecule has 1 rings (SSSR count). The van der Waals surface area contributed by atoms with Crippen LogP contribution in [-0.2, 0) is 22.6 Å². The molecule has 7 nitrogen and oxygen atoms in total. The molecule has 1 atom stereocenters. The number of ether oxygens (including phenoxy) is 1. The first-order valence-corrected chi connectivity index (χ1v) is 5.02. The van der Waals surface area contributed by atoms with E-state index in [1.807, 2.05) is 6.92 Å². The molecule has 0 aliphatic heterocycles. The molecule has 1 aromatic rings. The van der Waals surface area contributed by atoms with Crippen LogP contribution in [0.25, 0.3) is 0 Å². The van der Waals surface area contributed by atoms with Crippen LogP contribution in [0.4, 0.5) is 0 Å². The molecule has 3 N–H and O–H groups in total. The van der Waals surface area contributed by atoms with Crippen molar-refractivity contribution in [2.75, 3.05) is 13.7 Å². The maximum absolute atomic E-state index is 11.5. The van der Waals surface area contributed by atoms with Gasteiger partial charge in [-0.3, -0.25) is 4.79 Å². The van der Waals surface area contributed by atoms with Gasteiger partial charge in [0.2, 0.25) is 5.91 Å². The minimum atomic E-state index is -0.127. The van der Waals surface area contributed by atoms with Crippen molar-refractivity contribution in [2.45, 2.75) is 26.1 Å². The average molecular weight is 227 g/mol. The highest BCUT2D eigenvalue weighted by Crippen LogP contribution is 1.89. The first-order valence-electron chi connectivity index (χ1n) is 5.02. The first-order chi connectivity index (χ1) is 7.65. The molecule has 16 heavy (non-hydrogen) atoms. The lowest BCUT2D eigenvalue weighted by Crippen LogP contribution is -2.37. The van der Waals surface area contributed by atoms with E-state index in [0.717, 1.165) is 0 Å². The highest BCUT2D eigenvalue weighted by molar-refractivity contribution is 5.75. The molecule has 0 aliphatic carbocycles. The summed E-state index contributed by atoms with van der Waals surface area (Å²) < 4.78 is 6.37. The van der Waals surface area contributed by atoms with E-state index in [0.29, 0.717) is 12.4 Å². The molecule has 1 amide bonds. The van der Waals surface area contributed by atoms with E-state index in [2.05, 4.69) is 15.4 Å². The van der Waals surface area contributed by atoms with Crippen LogP contribution in [0.1, 0.15) is 12.7 Å². The van der Waals surface area contributed by atoms with Gasteiger partial charge in [0.1, 0.15) is 12.9 Å². The quantitative estimate of drug-likeness (QED) is 0.642. The number of hydrogen-bond donors (Lipinski definition) is 2. The second-order valence-corrected chi connectivity index (χ2v) is 3.49. The van der Waals surface area contributed by atoms with E-state index in [-0.39, 0.29) is 25.0 Å². The fourth-order valence-corrected chi connectivity index (χ4v) is 1.26. The van der Waals surface area contributed by atoms with Gasteiger partial charge in [0.05, 0.1) is 13.2 Å². The van der Waals surface area contributed by atoms with Gasteiger partial charge in [-0.2, -0.15) is 5.10 Å². The minimum Gasteiger partial charge on any atom is -0.383 e. The third kappa shape index (κ3) is 3.95. The van der Waals surface area contributed by atoms with Gasteiger partial charge in [0.15, 0.2) is 5.82 Å². The van der Waals surface area contributed by atoms with E-state index >= 15 is 0 Å². The minimum absolute atomic E-state index is 0.0185. The number of nitrogens with two attached hydrogens (primary N) is 1. The molecule has 1 aromatic heterocycles. The number of amides is 1. The number of rotatable bonds is 6. The number of carbonyl (C=O) groups is 1. The van der Waals surface area contributed by atoms with Gasteiger partial charge in [-0.05, 0) is 6.92 Å². The van der Waals surface area contributed by atoms with Crippen LogP contribution >= 0.6 is 0 Å². The SMILES string of the molecule is COCC(C)NC(=O)Cn1cnc(CN)n1. The molecule has 1 unspecified atom stereocenters. The maximum Gasteiger partial charge on any atom is 0.242 e. The molecule has 0 bridgehead atoms. The van der Waals surface area contributed by atoms with Crippen molar-refractivity contribution in [2.24, 2.45) is 5.73 Å². The lowest BCUT2D eigenvalue weighted by molar-refractivity contribution is -0.122. The number of methoxy groups -OCH3 is 1. The number of hydrogen-bond acceptors (Lipinski definition) is 5. The Bertz CT molecular complexity index is 338. The predicted molar refractivity (Wildman–Crippen MR) is 57.4 cm³/mol. The number of carbonyl (C=O) groups excluding carboxylic acids is 1. The molecule has 0 saturated carbocycles. The Balaban J connectivity index is 2.39. The lowest BCUT2D eigenvalue weighted by atomic mass is 10.3. The fourth-order valence-electron chi connectivity index (χ4n) is 1.26. The summed E-state index contributed by atoms with van der Waals surface area (Å²) in [6.07, 6.45) is 1.49. The summed E-state index contributed by atoms with van der Waals surface area (Å²) >= 11 is 0. The molecule has 0 spiro atoms. The van der Waals surface area contributed by atoms with Crippen LogP contribution in [-0.4, -0.2) is 40.4 Å². The molecule has 0 aromatic carbocycles. The lowest BCUT2D eigenvalue weighted by Gasteiger charge is -2.12. The fraction of sp³-hybridized carbons (Fsp3) is 0.667. The summed E-state index contributed by atoms with van der Waals surface area (Å²) in [7, 11) is 1.59. The van der Waals surface area contributed by atoms with E-state index in [1.165, 1.54) is 11.0 Å². The van der Waals surface area contributed by atoms with Gasteiger partial charge in [-0.1, -0.05) is 0 Å². The van der Waals surface area contributed by atoms with E-state index in [9.17, 15) is 4.79 Å². The Morgan fingerprint density at radius 3 is 3.06 bits per heavy atom. The van der Waals surface area contributed by atoms with Gasteiger partial charge < -0.3 is 15.8 Å². The summed E-state index contributed by atoms with van der Waals surface area (Å²) in [5.41, 5.74) is 5.36. The summed E-state index contributed by atoms with van der Waals surface area (Å²) in [5, 5.41) is 6.78. The van der Waals surface area contributed by atoms with Gasteiger partial charge in [-0.25, -0.2) is 9.67 Å². The zero-order valence-electron chi connectivity index (χ0n) is 9.51. The summed E-state index contributed by atoms with van der Waals surface area (Å²) in [4.78, 5) is 15.4. The molecule has 0 aliphatic rings. The number of aromatic nitrogens is 3. The van der Waals surface area contributed by atoms with Crippen LogP contribution < -0.4 is 11.1 Å². The third-order valence-electron chi connectivity index (χ3n) is 1.90. The van der Waals surface area contributed by atoms with E-state index < -0.39 is 0 Å². The molecular formula is C9H17N5O2. The smallest absolute Gasteiger partial charge is 0.242 e. The zero-order chi connectivity index (χ0) is 12.0. The summed E-state index contributed by atoms with van der Waals surface area (Å²) in [6.45, 7) is 2.76. The molecule has 7 heteroatoms. The molecule has 90 valence electrons. The molecule has 0 fully saturated rings. The van der Waals surface area contributed by atoms with Gasteiger partial charge in [-0.15, -0.1) is 0 Å². The first kappa shape index (κ1) is 12.6. The number of nitrogens with one attached hydrogen (secondary N) is 1. The second-order valence-electron chi connectivity index (χ2n) is 3.49. The standard InChI is InChI=1S/C9H17N5O2/c1-7(5-16-2)12-9(15)4-14-6-11-8(3-10)13-14/h6-7H,3-5,10H2,1-2H3,(H,12,15). The topological polar surface area (TPSA) is 95.1 Å². The van der Waals surface area contributed by atoms with Crippen LogP contribution in [0.5, 0.6) is 0 Å². The number of nitrogens with zero attached hydrogens (tertiary/aromatic N) is 3. The predicted octanol–water partition coefficient (Wildman–Crippen LogP) is -1.11. The Kier molecular flexibility index (Phi) is 4.87. The molecule has 0 saturated heterocycles. The van der Waals surface area contributed by atoms with Crippen molar-refractivity contribution < 1.29 is 9.53 Å². The Morgan fingerprint density at radius 1 is 1.75 bits per heavy atom. The Morgan fingerprint density at radius 2 is 2.50 bits per heavy atom. The van der Waals surface area contributed by atoms with Gasteiger partial charge >= 0.3 is 0 Å². The normalized spacial score (nSPS) is 12.4. The zero-order valence-corrected chi connectivity index (χ0v) is 9.51. The molecular weight excluding hydrogens is 210 g/mol. The average Bonchev–Trinajstić information content (AvgIpc) is 2.65. The third-order valence-corrected chi connectivity index (χ3v) is 1.90. The van der Waals surface area contributed by atoms with Crippen LogP contribution in [0.15, 0.2) is 6.33 Å². The molecule has 0 radical (unpaired) electrons. The van der Waals surface area contributed by atoms with Crippen LogP contribution in [0, 0.1) is 0 Å². The Hall–Kier alpha value is -1.47. The summed E-state index contributed by atoms with van der Waals surface area (Å²) in [5.74, 6) is 0.399. The van der Waals surface area contributed by atoms with Crippen LogP contribution in [0.2, 0.25) is 0 Å².